The van der Waals surface area contributed by atoms with Gasteiger partial charge in [-0.25, -0.2) is 0 Å². The Morgan fingerprint density at radius 1 is 1.17 bits per heavy atom. The molecule has 0 aliphatic rings. The van der Waals surface area contributed by atoms with Crippen molar-refractivity contribution in [1.82, 2.24) is 9.80 Å². The maximum atomic E-state index is 8.56. The zero-order chi connectivity index (χ0) is 10.1. The maximum absolute atomic E-state index is 8.56. The van der Waals surface area contributed by atoms with Gasteiger partial charge < -0.3 is 15.1 Å². The van der Waals surface area contributed by atoms with Crippen LogP contribution in [0.15, 0.2) is 0 Å². The first-order chi connectivity index (χ1) is 5.41. The van der Waals surface area contributed by atoms with Gasteiger partial charge in [0.05, 0.1) is 6.61 Å². The van der Waals surface area contributed by atoms with Crippen LogP contribution in [-0.4, -0.2) is 67.6 Å². The fourth-order valence-electron chi connectivity index (χ4n) is 0.200. The van der Waals surface area contributed by atoms with E-state index < -0.39 is 0 Å². The number of hydrogen-bond donors (Lipinski definition) is 2. The lowest BCUT2D eigenvalue weighted by molar-refractivity contribution is 0.0578. The van der Waals surface area contributed by atoms with E-state index in [9.17, 15) is 0 Å². The van der Waals surface area contributed by atoms with Crippen molar-refractivity contribution in [3.8, 4) is 0 Å². The molecular weight excluding hydrogens is 156 g/mol. The molecule has 0 heterocycles. The first kappa shape index (κ1) is 14.4. The highest BCUT2D eigenvalue weighted by atomic mass is 16.3. The normalized spacial score (nSPS) is 12.8. The van der Waals surface area contributed by atoms with Crippen LogP contribution in [0.2, 0.25) is 0 Å². The largest absolute Gasteiger partial charge is 0.395 e. The molecule has 0 fully saturated rings. The van der Waals surface area contributed by atoms with Crippen LogP contribution in [0.3, 0.4) is 0 Å². The van der Waals surface area contributed by atoms with E-state index in [-0.39, 0.29) is 12.8 Å². The Hall–Kier alpha value is -0.160. The second-order valence-corrected chi connectivity index (χ2v) is 3.12. The third-order valence-corrected chi connectivity index (χ3v) is 1.29. The lowest BCUT2D eigenvalue weighted by atomic mass is 10.6. The van der Waals surface area contributed by atoms with Gasteiger partial charge in [0.1, 0.15) is 6.23 Å². The minimum Gasteiger partial charge on any atom is -0.395 e. The third kappa shape index (κ3) is 16.4. The fourth-order valence-corrected chi connectivity index (χ4v) is 0.200. The Balaban J connectivity index is 0. The van der Waals surface area contributed by atoms with Crippen molar-refractivity contribution in [2.45, 2.75) is 13.2 Å². The van der Waals surface area contributed by atoms with Crippen LogP contribution >= 0.6 is 0 Å². The Morgan fingerprint density at radius 3 is 1.50 bits per heavy atom. The fraction of sp³-hybridized carbons (Fsp3) is 1.00. The molecule has 0 aromatic carbocycles. The van der Waals surface area contributed by atoms with Crippen LogP contribution in [0, 0.1) is 0 Å². The summed E-state index contributed by atoms with van der Waals surface area (Å²) in [5.41, 5.74) is 0. The molecule has 0 aromatic rings. The molecule has 0 saturated heterocycles. The van der Waals surface area contributed by atoms with Gasteiger partial charge in [-0.2, -0.15) is 0 Å². The third-order valence-electron chi connectivity index (χ3n) is 1.29. The lowest BCUT2D eigenvalue weighted by Gasteiger charge is -2.11. The highest BCUT2D eigenvalue weighted by molar-refractivity contribution is 4.35. The Morgan fingerprint density at radius 2 is 1.50 bits per heavy atom. The van der Waals surface area contributed by atoms with E-state index in [0.29, 0.717) is 0 Å². The summed E-state index contributed by atoms with van der Waals surface area (Å²) in [7, 11) is 7.50. The van der Waals surface area contributed by atoms with Crippen LogP contribution < -0.4 is 0 Å². The molecule has 76 valence electrons. The molecule has 4 heteroatoms. The Kier molecular flexibility index (Phi) is 10.7. The summed E-state index contributed by atoms with van der Waals surface area (Å²) in [5, 5.41) is 16.8. The van der Waals surface area contributed by atoms with Gasteiger partial charge in [0, 0.05) is 6.54 Å². The van der Waals surface area contributed by atoms with Gasteiger partial charge in [-0.1, -0.05) is 0 Å². The molecule has 0 radical (unpaired) electrons. The summed E-state index contributed by atoms with van der Waals surface area (Å²) in [6.45, 7) is 2.74. The molecular formula is C8H22N2O2. The molecule has 0 spiro atoms. The lowest BCUT2D eigenvalue weighted by Crippen LogP contribution is -2.23. The van der Waals surface area contributed by atoms with Gasteiger partial charge in [-0.3, -0.25) is 4.90 Å². The quantitative estimate of drug-likeness (QED) is 0.568. The van der Waals surface area contributed by atoms with E-state index in [2.05, 4.69) is 0 Å². The van der Waals surface area contributed by atoms with Gasteiger partial charge in [0.25, 0.3) is 0 Å². The van der Waals surface area contributed by atoms with Gasteiger partial charge >= 0.3 is 0 Å². The van der Waals surface area contributed by atoms with E-state index in [4.69, 9.17) is 10.2 Å². The molecule has 0 rings (SSSR count). The number of likely N-dealkylation sites (N-methyl/N-ethyl adjacent to an activating group) is 1. The molecule has 0 aliphatic heterocycles. The predicted molar refractivity (Wildman–Crippen MR) is 51.0 cm³/mol. The summed E-state index contributed by atoms with van der Waals surface area (Å²) < 4.78 is 0. The smallest absolute Gasteiger partial charge is 0.104 e. The molecule has 4 nitrogen and oxygen atoms in total. The van der Waals surface area contributed by atoms with E-state index in [0.717, 1.165) is 6.54 Å². The standard InChI is InChI=1S/2C4H11NO/c1-5(2)3-4-6;1-4(6)5(2)3/h6H,3-4H2,1-2H3;4,6H,1-3H3. The molecule has 0 bridgehead atoms. The van der Waals surface area contributed by atoms with Crippen LogP contribution in [0.1, 0.15) is 6.92 Å². The molecule has 0 aliphatic carbocycles. The highest BCUT2D eigenvalue weighted by Crippen LogP contribution is 1.79. The second kappa shape index (κ2) is 8.93. The molecule has 0 saturated carbocycles. The first-order valence-corrected chi connectivity index (χ1v) is 4.02. The summed E-state index contributed by atoms with van der Waals surface area (Å²) >= 11 is 0. The van der Waals surface area contributed by atoms with E-state index in [1.807, 2.05) is 33.1 Å². The van der Waals surface area contributed by atoms with Crippen molar-refractivity contribution in [3.63, 3.8) is 0 Å². The zero-order valence-corrected chi connectivity index (χ0v) is 8.78. The summed E-state index contributed by atoms with van der Waals surface area (Å²) in [5.74, 6) is 0. The van der Waals surface area contributed by atoms with Crippen LogP contribution in [0.25, 0.3) is 0 Å². The van der Waals surface area contributed by atoms with Crippen molar-refractivity contribution in [2.75, 3.05) is 41.3 Å². The molecule has 0 aromatic heterocycles. The van der Waals surface area contributed by atoms with Gasteiger partial charge in [0.2, 0.25) is 0 Å². The minimum atomic E-state index is -0.315. The average Bonchev–Trinajstić information content (AvgIpc) is 1.87. The Labute approximate surface area is 75.4 Å². The SMILES string of the molecule is CC(O)N(C)C.CN(C)CCO. The average molecular weight is 178 g/mol. The predicted octanol–water partition coefficient (Wildman–Crippen LogP) is -0.573. The van der Waals surface area contributed by atoms with Gasteiger partial charge in [-0.15, -0.1) is 0 Å². The molecule has 0 amide bonds. The molecule has 1 unspecified atom stereocenters. The molecule has 2 N–H and O–H groups in total. The molecule has 12 heavy (non-hydrogen) atoms. The topological polar surface area (TPSA) is 46.9 Å². The van der Waals surface area contributed by atoms with E-state index in [1.165, 1.54) is 0 Å². The molecule has 1 atom stereocenters. The number of aliphatic hydroxyl groups excluding tert-OH is 2. The van der Waals surface area contributed by atoms with E-state index >= 15 is 0 Å². The maximum Gasteiger partial charge on any atom is 0.104 e. The zero-order valence-electron chi connectivity index (χ0n) is 8.78. The van der Waals surface area contributed by atoms with Crippen molar-refractivity contribution in [3.05, 3.63) is 0 Å². The number of hydrogen-bond acceptors (Lipinski definition) is 4. The van der Waals surface area contributed by atoms with Crippen molar-refractivity contribution < 1.29 is 10.2 Å². The van der Waals surface area contributed by atoms with Crippen LogP contribution in [0.4, 0.5) is 0 Å². The Bertz CT molecular complexity index is 79.1. The van der Waals surface area contributed by atoms with Crippen molar-refractivity contribution in [1.29, 1.82) is 0 Å². The highest BCUT2D eigenvalue weighted by Gasteiger charge is 1.92. The van der Waals surface area contributed by atoms with Crippen LogP contribution in [-0.2, 0) is 0 Å². The van der Waals surface area contributed by atoms with Crippen molar-refractivity contribution in [2.24, 2.45) is 0 Å². The monoisotopic (exact) mass is 178 g/mol. The summed E-state index contributed by atoms with van der Waals surface area (Å²) in [6, 6.07) is 0. The van der Waals surface area contributed by atoms with Gasteiger partial charge in [-0.05, 0) is 35.1 Å². The van der Waals surface area contributed by atoms with Crippen molar-refractivity contribution >= 4 is 0 Å². The minimum absolute atomic E-state index is 0.257. The van der Waals surface area contributed by atoms with E-state index in [1.54, 1.807) is 11.8 Å². The number of aliphatic hydroxyl groups is 2. The number of nitrogens with zero attached hydrogens (tertiary/aromatic N) is 2. The number of rotatable bonds is 3. The summed E-state index contributed by atoms with van der Waals surface area (Å²) in [6.07, 6.45) is -0.315. The second-order valence-electron chi connectivity index (χ2n) is 3.12. The summed E-state index contributed by atoms with van der Waals surface area (Å²) in [4.78, 5) is 3.65. The first-order valence-electron chi connectivity index (χ1n) is 4.02. The van der Waals surface area contributed by atoms with Crippen LogP contribution in [0.5, 0.6) is 0 Å². The van der Waals surface area contributed by atoms with Gasteiger partial charge in [0.15, 0.2) is 0 Å².